The maximum Gasteiger partial charge on any atom is 0.122 e. The van der Waals surface area contributed by atoms with Crippen LogP contribution in [-0.4, -0.2) is 31.6 Å². The van der Waals surface area contributed by atoms with Gasteiger partial charge in [0.1, 0.15) is 5.76 Å². The van der Waals surface area contributed by atoms with Gasteiger partial charge in [0.2, 0.25) is 0 Å². The number of hydrogen-bond donors (Lipinski definition) is 1. The predicted octanol–water partition coefficient (Wildman–Crippen LogP) is 2.66. The Balaban J connectivity index is 1.57. The van der Waals surface area contributed by atoms with Crippen LogP contribution < -0.4 is 5.32 Å². The van der Waals surface area contributed by atoms with Gasteiger partial charge in [-0.15, -0.1) is 0 Å². The van der Waals surface area contributed by atoms with E-state index in [0.29, 0.717) is 6.04 Å². The molecule has 100 valence electrons. The number of rotatable bonds is 5. The summed E-state index contributed by atoms with van der Waals surface area (Å²) in [6.07, 6.45) is 7.53. The van der Waals surface area contributed by atoms with Crippen molar-refractivity contribution in [2.45, 2.75) is 37.8 Å². The number of furan rings is 1. The van der Waals surface area contributed by atoms with E-state index in [1.54, 1.807) is 6.26 Å². The minimum atomic E-state index is 0.346. The van der Waals surface area contributed by atoms with E-state index in [9.17, 15) is 0 Å². The Labute approximate surface area is 110 Å². The Bertz CT molecular complexity index is 374. The van der Waals surface area contributed by atoms with Gasteiger partial charge in [-0.05, 0) is 57.3 Å². The van der Waals surface area contributed by atoms with Crippen molar-refractivity contribution in [3.63, 3.8) is 0 Å². The Kier molecular flexibility index (Phi) is 3.44. The summed E-state index contributed by atoms with van der Waals surface area (Å²) in [4.78, 5) is 2.24. The third-order valence-corrected chi connectivity index (χ3v) is 4.81. The van der Waals surface area contributed by atoms with Gasteiger partial charge in [0.25, 0.3) is 0 Å². The molecule has 3 heteroatoms. The number of fused-ring (bicyclic) bond motifs is 2. The molecular weight excluding hydrogens is 224 g/mol. The van der Waals surface area contributed by atoms with Crippen LogP contribution in [0.1, 0.15) is 37.5 Å². The van der Waals surface area contributed by atoms with E-state index in [1.807, 2.05) is 6.07 Å². The van der Waals surface area contributed by atoms with Gasteiger partial charge in [-0.3, -0.25) is 4.90 Å². The second kappa shape index (κ2) is 5.06. The molecule has 1 aromatic rings. The van der Waals surface area contributed by atoms with E-state index >= 15 is 0 Å². The van der Waals surface area contributed by atoms with Crippen molar-refractivity contribution in [3.05, 3.63) is 24.2 Å². The molecule has 0 aliphatic heterocycles. The maximum absolute atomic E-state index is 5.55. The van der Waals surface area contributed by atoms with Gasteiger partial charge in [-0.25, -0.2) is 0 Å². The summed E-state index contributed by atoms with van der Waals surface area (Å²) in [6.45, 7) is 0.994. The topological polar surface area (TPSA) is 28.4 Å². The fraction of sp³-hybridized carbons (Fsp3) is 0.733. The molecule has 2 aliphatic carbocycles. The molecule has 3 nitrogen and oxygen atoms in total. The zero-order valence-corrected chi connectivity index (χ0v) is 11.4. The predicted molar refractivity (Wildman–Crippen MR) is 72.4 cm³/mol. The third-order valence-electron chi connectivity index (χ3n) is 4.81. The maximum atomic E-state index is 5.55. The van der Waals surface area contributed by atoms with Crippen molar-refractivity contribution in [2.24, 2.45) is 11.8 Å². The van der Waals surface area contributed by atoms with Crippen LogP contribution in [0.15, 0.2) is 22.8 Å². The number of hydrogen-bond acceptors (Lipinski definition) is 3. The van der Waals surface area contributed by atoms with Crippen LogP contribution in [0, 0.1) is 11.8 Å². The van der Waals surface area contributed by atoms with E-state index in [0.717, 1.165) is 30.2 Å². The van der Waals surface area contributed by atoms with Gasteiger partial charge < -0.3 is 9.73 Å². The molecule has 0 spiro atoms. The van der Waals surface area contributed by atoms with Crippen molar-refractivity contribution in [1.29, 1.82) is 0 Å². The molecule has 1 heterocycles. The van der Waals surface area contributed by atoms with Crippen LogP contribution in [0.2, 0.25) is 0 Å². The highest BCUT2D eigenvalue weighted by atomic mass is 16.3. The zero-order valence-electron chi connectivity index (χ0n) is 11.4. The molecule has 1 N–H and O–H groups in total. The summed E-state index contributed by atoms with van der Waals surface area (Å²) in [6, 6.07) is 5.15. The molecule has 0 amide bonds. The van der Waals surface area contributed by atoms with Crippen molar-refractivity contribution < 1.29 is 4.42 Å². The van der Waals surface area contributed by atoms with Crippen LogP contribution in [0.3, 0.4) is 0 Å². The Hall–Kier alpha value is -0.800. The highest BCUT2D eigenvalue weighted by Gasteiger charge is 2.39. The largest absolute Gasteiger partial charge is 0.468 e. The van der Waals surface area contributed by atoms with Gasteiger partial charge in [0.15, 0.2) is 0 Å². The summed E-state index contributed by atoms with van der Waals surface area (Å²) in [7, 11) is 4.24. The number of likely N-dealkylation sites (N-methyl/N-ethyl adjacent to an activating group) is 1. The second-order valence-electron chi connectivity index (χ2n) is 6.18. The monoisotopic (exact) mass is 248 g/mol. The highest BCUT2D eigenvalue weighted by molar-refractivity contribution is 5.05. The smallest absolute Gasteiger partial charge is 0.122 e. The van der Waals surface area contributed by atoms with Crippen molar-refractivity contribution in [3.8, 4) is 0 Å². The van der Waals surface area contributed by atoms with Crippen LogP contribution in [0.25, 0.3) is 0 Å². The average molecular weight is 248 g/mol. The summed E-state index contributed by atoms with van der Waals surface area (Å²) in [5, 5.41) is 3.78. The molecule has 18 heavy (non-hydrogen) atoms. The van der Waals surface area contributed by atoms with E-state index in [1.165, 1.54) is 25.7 Å². The van der Waals surface area contributed by atoms with Gasteiger partial charge in [-0.2, -0.15) is 0 Å². The normalized spacial score (nSPS) is 32.3. The lowest BCUT2D eigenvalue weighted by Crippen LogP contribution is -2.39. The van der Waals surface area contributed by atoms with Crippen LogP contribution in [0.5, 0.6) is 0 Å². The number of nitrogens with one attached hydrogen (secondary N) is 1. The first kappa shape index (κ1) is 12.2. The Morgan fingerprint density at radius 3 is 2.83 bits per heavy atom. The first-order valence-corrected chi connectivity index (χ1v) is 7.17. The zero-order chi connectivity index (χ0) is 12.5. The van der Waals surface area contributed by atoms with Crippen LogP contribution in [-0.2, 0) is 0 Å². The lowest BCUT2D eigenvalue weighted by atomic mass is 9.95. The van der Waals surface area contributed by atoms with Crippen LogP contribution in [0.4, 0.5) is 0 Å². The molecule has 0 radical (unpaired) electrons. The molecule has 3 rings (SSSR count). The molecule has 2 aliphatic rings. The molecule has 2 fully saturated rings. The first-order valence-electron chi connectivity index (χ1n) is 7.17. The van der Waals surface area contributed by atoms with Crippen LogP contribution >= 0.6 is 0 Å². The lowest BCUT2D eigenvalue weighted by molar-refractivity contribution is 0.231. The van der Waals surface area contributed by atoms with E-state index in [4.69, 9.17) is 4.42 Å². The molecular formula is C15H24N2O. The second-order valence-corrected chi connectivity index (χ2v) is 6.18. The minimum Gasteiger partial charge on any atom is -0.468 e. The molecule has 2 saturated carbocycles. The number of nitrogens with zero attached hydrogens (tertiary/aromatic N) is 1. The SMILES string of the molecule is CN(C)C(CNC1CC2CCC1C2)c1ccco1. The standard InChI is InChI=1S/C15H24N2O/c1-17(2)14(15-4-3-7-18-15)10-16-13-9-11-5-6-12(13)8-11/h3-4,7,11-14,16H,5-6,8-10H2,1-2H3. The summed E-state index contributed by atoms with van der Waals surface area (Å²) in [5.41, 5.74) is 0. The van der Waals surface area contributed by atoms with Gasteiger partial charge in [0, 0.05) is 12.6 Å². The van der Waals surface area contributed by atoms with Crippen molar-refractivity contribution in [2.75, 3.05) is 20.6 Å². The minimum absolute atomic E-state index is 0.346. The fourth-order valence-electron chi connectivity index (χ4n) is 3.78. The highest BCUT2D eigenvalue weighted by Crippen LogP contribution is 2.44. The molecule has 4 atom stereocenters. The Morgan fingerprint density at radius 1 is 1.39 bits per heavy atom. The van der Waals surface area contributed by atoms with E-state index < -0.39 is 0 Å². The van der Waals surface area contributed by atoms with Gasteiger partial charge in [0.05, 0.1) is 12.3 Å². The van der Waals surface area contributed by atoms with Gasteiger partial charge in [-0.1, -0.05) is 6.42 Å². The van der Waals surface area contributed by atoms with E-state index in [-0.39, 0.29) is 0 Å². The molecule has 2 bridgehead atoms. The third kappa shape index (κ3) is 2.34. The molecule has 0 saturated heterocycles. The van der Waals surface area contributed by atoms with E-state index in [2.05, 4.69) is 30.4 Å². The average Bonchev–Trinajstić information content (AvgIpc) is 3.05. The molecule has 4 unspecified atom stereocenters. The summed E-state index contributed by atoms with van der Waals surface area (Å²) in [5.74, 6) is 3.01. The quantitative estimate of drug-likeness (QED) is 0.868. The van der Waals surface area contributed by atoms with Crippen molar-refractivity contribution >= 4 is 0 Å². The fourth-order valence-corrected chi connectivity index (χ4v) is 3.78. The summed E-state index contributed by atoms with van der Waals surface area (Å²) >= 11 is 0. The molecule has 0 aromatic carbocycles. The summed E-state index contributed by atoms with van der Waals surface area (Å²) < 4.78 is 5.55. The molecule has 1 aromatic heterocycles. The van der Waals surface area contributed by atoms with Crippen molar-refractivity contribution in [1.82, 2.24) is 10.2 Å². The lowest BCUT2D eigenvalue weighted by Gasteiger charge is -2.28. The Morgan fingerprint density at radius 2 is 2.28 bits per heavy atom. The van der Waals surface area contributed by atoms with Gasteiger partial charge >= 0.3 is 0 Å². The first-order chi connectivity index (χ1) is 8.74.